The predicted molar refractivity (Wildman–Crippen MR) is 143 cm³/mol. The van der Waals surface area contributed by atoms with Crippen LogP contribution in [0, 0.1) is 0 Å². The lowest BCUT2D eigenvalue weighted by Crippen LogP contribution is -2.54. The molecule has 1 N–H and O–H groups in total. The molecular formula is C28H25BrN2O6. The van der Waals surface area contributed by atoms with Gasteiger partial charge in [-0.05, 0) is 74.0 Å². The summed E-state index contributed by atoms with van der Waals surface area (Å²) in [6.45, 7) is 4.09. The van der Waals surface area contributed by atoms with Gasteiger partial charge in [-0.1, -0.05) is 28.1 Å². The first-order valence-electron chi connectivity index (χ1n) is 11.5. The molecular weight excluding hydrogens is 540 g/mol. The Labute approximate surface area is 223 Å². The van der Waals surface area contributed by atoms with E-state index >= 15 is 0 Å². The van der Waals surface area contributed by atoms with E-state index in [4.69, 9.17) is 14.2 Å². The number of rotatable bonds is 8. The predicted octanol–water partition coefficient (Wildman–Crippen LogP) is 5.49. The number of hydrogen-bond donors (Lipinski definition) is 1. The van der Waals surface area contributed by atoms with Gasteiger partial charge in [0.15, 0.2) is 0 Å². The van der Waals surface area contributed by atoms with Gasteiger partial charge in [0.05, 0.1) is 18.9 Å². The molecule has 3 aromatic carbocycles. The Bertz CT molecular complexity index is 1350. The summed E-state index contributed by atoms with van der Waals surface area (Å²) in [6, 6.07) is 18.5. The lowest BCUT2D eigenvalue weighted by Gasteiger charge is -2.26. The van der Waals surface area contributed by atoms with Gasteiger partial charge in [0, 0.05) is 16.1 Å². The number of ether oxygens (including phenoxy) is 3. The third kappa shape index (κ3) is 6.18. The van der Waals surface area contributed by atoms with Crippen molar-refractivity contribution in [3.63, 3.8) is 0 Å². The summed E-state index contributed by atoms with van der Waals surface area (Å²) < 4.78 is 17.9. The van der Waals surface area contributed by atoms with Gasteiger partial charge in [0.2, 0.25) is 0 Å². The van der Waals surface area contributed by atoms with E-state index in [0.717, 1.165) is 14.9 Å². The number of nitrogens with zero attached hydrogens (tertiary/aromatic N) is 1. The zero-order valence-electron chi connectivity index (χ0n) is 20.5. The maximum Gasteiger partial charge on any atom is 0.335 e. The average molecular weight is 565 g/mol. The number of imide groups is 2. The van der Waals surface area contributed by atoms with E-state index in [-0.39, 0.29) is 11.7 Å². The summed E-state index contributed by atoms with van der Waals surface area (Å²) in [7, 11) is 1.53. The van der Waals surface area contributed by atoms with Crippen LogP contribution >= 0.6 is 15.9 Å². The van der Waals surface area contributed by atoms with Crippen LogP contribution in [0.25, 0.3) is 6.08 Å². The Balaban J connectivity index is 1.56. The summed E-state index contributed by atoms with van der Waals surface area (Å²) in [5, 5.41) is 2.24. The molecule has 1 aliphatic heterocycles. The monoisotopic (exact) mass is 564 g/mol. The van der Waals surface area contributed by atoms with Crippen LogP contribution in [0.15, 0.2) is 76.8 Å². The molecule has 190 valence electrons. The van der Waals surface area contributed by atoms with Crippen LogP contribution < -0.4 is 24.4 Å². The normalized spacial score (nSPS) is 14.7. The first kappa shape index (κ1) is 26.0. The number of nitrogens with one attached hydrogen (secondary N) is 1. The SMILES string of the molecule is COc1ccc(/C=C2\C(=O)NC(=O)N(c3ccc(OCc4ccc(Br)cc4)cc3)C2=O)c(OC(C)C)c1. The first-order valence-corrected chi connectivity index (χ1v) is 12.3. The summed E-state index contributed by atoms with van der Waals surface area (Å²) in [5.74, 6) is 0.0438. The van der Waals surface area contributed by atoms with Crippen molar-refractivity contribution in [3.05, 3.63) is 87.9 Å². The highest BCUT2D eigenvalue weighted by atomic mass is 79.9. The standard InChI is InChI=1S/C28H25BrN2O6/c1-17(2)37-25-15-23(35-3)11-6-19(25)14-24-26(32)30-28(34)31(27(24)33)21-9-12-22(13-10-21)36-16-18-4-7-20(29)8-5-18/h4-15,17H,16H2,1-3H3,(H,30,32,34)/b24-14+. The molecule has 1 heterocycles. The van der Waals surface area contributed by atoms with E-state index in [2.05, 4.69) is 21.2 Å². The Kier molecular flexibility index (Phi) is 7.93. The molecule has 37 heavy (non-hydrogen) atoms. The van der Waals surface area contributed by atoms with Gasteiger partial charge < -0.3 is 14.2 Å². The number of hydrogen-bond acceptors (Lipinski definition) is 6. The average Bonchev–Trinajstić information content (AvgIpc) is 2.87. The molecule has 0 atom stereocenters. The maximum absolute atomic E-state index is 13.3. The fourth-order valence-corrected chi connectivity index (χ4v) is 3.87. The summed E-state index contributed by atoms with van der Waals surface area (Å²) in [4.78, 5) is 39.4. The molecule has 1 aliphatic rings. The molecule has 0 aromatic heterocycles. The third-order valence-corrected chi connectivity index (χ3v) is 5.93. The van der Waals surface area contributed by atoms with E-state index in [1.165, 1.54) is 13.2 Å². The topological polar surface area (TPSA) is 94.2 Å². The van der Waals surface area contributed by atoms with E-state index in [1.807, 2.05) is 38.1 Å². The molecule has 8 nitrogen and oxygen atoms in total. The van der Waals surface area contributed by atoms with E-state index in [1.54, 1.807) is 42.5 Å². The Morgan fingerprint density at radius 3 is 2.27 bits per heavy atom. The minimum absolute atomic E-state index is 0.150. The van der Waals surface area contributed by atoms with Gasteiger partial charge in [-0.25, -0.2) is 9.69 Å². The third-order valence-electron chi connectivity index (χ3n) is 5.40. The zero-order chi connectivity index (χ0) is 26.5. The molecule has 0 saturated carbocycles. The smallest absolute Gasteiger partial charge is 0.335 e. The number of carbonyl (C=O) groups excluding carboxylic acids is 3. The maximum atomic E-state index is 13.3. The van der Waals surface area contributed by atoms with Crippen LogP contribution in [-0.2, 0) is 16.2 Å². The second-order valence-corrected chi connectivity index (χ2v) is 9.35. The molecule has 0 radical (unpaired) electrons. The molecule has 4 amide bonds. The van der Waals surface area contributed by atoms with Crippen molar-refractivity contribution in [1.29, 1.82) is 0 Å². The van der Waals surface area contributed by atoms with Crippen molar-refractivity contribution in [3.8, 4) is 17.2 Å². The molecule has 0 aliphatic carbocycles. The van der Waals surface area contributed by atoms with Crippen molar-refractivity contribution in [1.82, 2.24) is 5.32 Å². The number of urea groups is 1. The molecule has 0 unspecified atom stereocenters. The fourth-order valence-electron chi connectivity index (χ4n) is 3.60. The Hall–Kier alpha value is -4.11. The van der Waals surface area contributed by atoms with E-state index in [0.29, 0.717) is 35.1 Å². The van der Waals surface area contributed by atoms with E-state index < -0.39 is 17.8 Å². The Morgan fingerprint density at radius 2 is 1.62 bits per heavy atom. The van der Waals surface area contributed by atoms with Gasteiger partial charge in [0.1, 0.15) is 29.4 Å². The quantitative estimate of drug-likeness (QED) is 0.287. The van der Waals surface area contributed by atoms with Crippen LogP contribution in [0.1, 0.15) is 25.0 Å². The van der Waals surface area contributed by atoms with Crippen LogP contribution in [0.3, 0.4) is 0 Å². The lowest BCUT2D eigenvalue weighted by molar-refractivity contribution is -0.122. The number of anilines is 1. The van der Waals surface area contributed by atoms with Crippen LogP contribution in [0.4, 0.5) is 10.5 Å². The minimum atomic E-state index is -0.830. The van der Waals surface area contributed by atoms with Gasteiger partial charge in [-0.3, -0.25) is 14.9 Å². The van der Waals surface area contributed by atoms with Gasteiger partial charge in [-0.15, -0.1) is 0 Å². The number of benzene rings is 3. The van der Waals surface area contributed by atoms with Crippen molar-refractivity contribution >= 4 is 45.5 Å². The van der Waals surface area contributed by atoms with Gasteiger partial charge in [-0.2, -0.15) is 0 Å². The number of methoxy groups -OCH3 is 1. The van der Waals surface area contributed by atoms with Crippen molar-refractivity contribution in [2.24, 2.45) is 0 Å². The van der Waals surface area contributed by atoms with Gasteiger partial charge >= 0.3 is 6.03 Å². The first-order chi connectivity index (χ1) is 17.7. The lowest BCUT2D eigenvalue weighted by atomic mass is 10.1. The minimum Gasteiger partial charge on any atom is -0.497 e. The van der Waals surface area contributed by atoms with Crippen molar-refractivity contribution < 1.29 is 28.6 Å². The molecule has 3 aromatic rings. The van der Waals surface area contributed by atoms with E-state index in [9.17, 15) is 14.4 Å². The highest BCUT2D eigenvalue weighted by Gasteiger charge is 2.37. The van der Waals surface area contributed by atoms with Crippen LogP contribution in [-0.4, -0.2) is 31.1 Å². The molecule has 1 fully saturated rings. The van der Waals surface area contributed by atoms with Crippen molar-refractivity contribution in [2.45, 2.75) is 26.6 Å². The van der Waals surface area contributed by atoms with Gasteiger partial charge in [0.25, 0.3) is 11.8 Å². The molecule has 0 bridgehead atoms. The number of halogens is 1. The molecule has 0 spiro atoms. The second kappa shape index (κ2) is 11.3. The summed E-state index contributed by atoms with van der Waals surface area (Å²) in [6.07, 6.45) is 1.26. The highest BCUT2D eigenvalue weighted by Crippen LogP contribution is 2.30. The zero-order valence-corrected chi connectivity index (χ0v) is 22.1. The highest BCUT2D eigenvalue weighted by molar-refractivity contribution is 9.10. The summed E-state index contributed by atoms with van der Waals surface area (Å²) >= 11 is 3.40. The number of amides is 4. The van der Waals surface area contributed by atoms with Crippen LogP contribution in [0.2, 0.25) is 0 Å². The fraction of sp³-hybridized carbons (Fsp3) is 0.179. The number of carbonyl (C=O) groups is 3. The number of barbiturate groups is 1. The largest absolute Gasteiger partial charge is 0.497 e. The summed E-state index contributed by atoms with van der Waals surface area (Å²) in [5.41, 5.74) is 1.59. The van der Waals surface area contributed by atoms with Crippen molar-refractivity contribution in [2.75, 3.05) is 12.0 Å². The second-order valence-electron chi connectivity index (χ2n) is 8.44. The molecule has 1 saturated heterocycles. The van der Waals surface area contributed by atoms with Crippen LogP contribution in [0.5, 0.6) is 17.2 Å². The molecule has 9 heteroatoms. The molecule has 4 rings (SSSR count). The Morgan fingerprint density at radius 1 is 0.946 bits per heavy atom.